The quantitative estimate of drug-likeness (QED) is 0.809. The van der Waals surface area contributed by atoms with Gasteiger partial charge in [-0.25, -0.2) is 0 Å². The van der Waals surface area contributed by atoms with Crippen molar-refractivity contribution >= 4 is 10.2 Å². The summed E-state index contributed by atoms with van der Waals surface area (Å²) < 4.78 is 34.7. The normalized spacial score (nSPS) is 27.5. The molecule has 2 saturated heterocycles. The standard InChI is InChI=1S/C18H29N3O3S/c1-15-4-6-18(7-5-15)14-19-8-10-20(11-9-19)25(22,23)21-12-16(2)24-17(3)13-21/h4-7,16-17H,8-14H2,1-3H3. The second-order valence-corrected chi connectivity index (χ2v) is 9.17. The van der Waals surface area contributed by atoms with Crippen molar-refractivity contribution in [2.75, 3.05) is 39.3 Å². The Morgan fingerprint density at radius 3 is 2.08 bits per heavy atom. The minimum Gasteiger partial charge on any atom is -0.373 e. The van der Waals surface area contributed by atoms with Gasteiger partial charge in [0.2, 0.25) is 0 Å². The molecule has 2 aliphatic heterocycles. The third-order valence-electron chi connectivity index (χ3n) is 4.90. The second kappa shape index (κ2) is 7.72. The van der Waals surface area contributed by atoms with E-state index in [0.29, 0.717) is 26.2 Å². The molecule has 3 rings (SSSR count). The third kappa shape index (κ3) is 4.60. The first-order valence-electron chi connectivity index (χ1n) is 9.03. The van der Waals surface area contributed by atoms with E-state index in [9.17, 15) is 8.42 Å². The van der Waals surface area contributed by atoms with Gasteiger partial charge in [0, 0.05) is 45.8 Å². The largest absolute Gasteiger partial charge is 0.373 e. The topological polar surface area (TPSA) is 53.1 Å². The molecule has 2 atom stereocenters. The highest BCUT2D eigenvalue weighted by molar-refractivity contribution is 7.86. The van der Waals surface area contributed by atoms with Gasteiger partial charge >= 0.3 is 0 Å². The van der Waals surface area contributed by atoms with Crippen molar-refractivity contribution in [1.29, 1.82) is 0 Å². The van der Waals surface area contributed by atoms with E-state index in [2.05, 4.69) is 36.1 Å². The summed E-state index contributed by atoms with van der Waals surface area (Å²) in [4.78, 5) is 2.32. The average molecular weight is 368 g/mol. The van der Waals surface area contributed by atoms with Crippen LogP contribution in [0.4, 0.5) is 0 Å². The van der Waals surface area contributed by atoms with Crippen LogP contribution in [0.5, 0.6) is 0 Å². The lowest BCUT2D eigenvalue weighted by atomic mass is 10.1. The summed E-state index contributed by atoms with van der Waals surface area (Å²) in [7, 11) is -3.39. The van der Waals surface area contributed by atoms with Crippen molar-refractivity contribution in [1.82, 2.24) is 13.5 Å². The van der Waals surface area contributed by atoms with E-state index in [1.54, 1.807) is 8.61 Å². The zero-order valence-electron chi connectivity index (χ0n) is 15.4. The van der Waals surface area contributed by atoms with Crippen molar-refractivity contribution < 1.29 is 13.2 Å². The molecule has 0 saturated carbocycles. The van der Waals surface area contributed by atoms with Gasteiger partial charge in [-0.2, -0.15) is 17.0 Å². The van der Waals surface area contributed by atoms with Crippen LogP contribution in [-0.2, 0) is 21.5 Å². The SMILES string of the molecule is Cc1ccc(CN2CCN(S(=O)(=O)N3CC(C)OC(C)C3)CC2)cc1. The van der Waals surface area contributed by atoms with Crippen molar-refractivity contribution in [3.05, 3.63) is 35.4 Å². The fraction of sp³-hybridized carbons (Fsp3) is 0.667. The summed E-state index contributed by atoms with van der Waals surface area (Å²) in [6, 6.07) is 8.54. The maximum Gasteiger partial charge on any atom is 0.282 e. The molecular weight excluding hydrogens is 338 g/mol. The number of hydrogen-bond donors (Lipinski definition) is 0. The molecule has 7 heteroatoms. The summed E-state index contributed by atoms with van der Waals surface area (Å²) in [6.07, 6.45) is -0.109. The molecule has 0 N–H and O–H groups in total. The van der Waals surface area contributed by atoms with Crippen LogP contribution in [0.15, 0.2) is 24.3 Å². The van der Waals surface area contributed by atoms with E-state index >= 15 is 0 Å². The van der Waals surface area contributed by atoms with Crippen LogP contribution in [0.3, 0.4) is 0 Å². The number of rotatable bonds is 4. The Balaban J connectivity index is 1.56. The Labute approximate surface area is 151 Å². The van der Waals surface area contributed by atoms with Gasteiger partial charge in [0.1, 0.15) is 0 Å². The Bertz CT molecular complexity index is 659. The van der Waals surface area contributed by atoms with E-state index in [1.807, 2.05) is 13.8 Å². The molecular formula is C18H29N3O3S. The number of piperazine rings is 1. The molecule has 0 radical (unpaired) electrons. The molecule has 2 fully saturated rings. The van der Waals surface area contributed by atoms with Gasteiger partial charge in [-0.3, -0.25) is 4.90 Å². The Kier molecular flexibility index (Phi) is 5.80. The summed E-state index contributed by atoms with van der Waals surface area (Å²) >= 11 is 0. The zero-order chi connectivity index (χ0) is 18.0. The van der Waals surface area contributed by atoms with Crippen molar-refractivity contribution in [2.45, 2.75) is 39.5 Å². The first-order valence-corrected chi connectivity index (χ1v) is 10.4. The third-order valence-corrected chi connectivity index (χ3v) is 6.87. The smallest absolute Gasteiger partial charge is 0.282 e. The number of aryl methyl sites for hydroxylation is 1. The highest BCUT2D eigenvalue weighted by Gasteiger charge is 2.36. The van der Waals surface area contributed by atoms with Crippen LogP contribution in [0.1, 0.15) is 25.0 Å². The van der Waals surface area contributed by atoms with Gasteiger partial charge < -0.3 is 4.74 Å². The second-order valence-electron chi connectivity index (χ2n) is 7.24. The number of ether oxygens (including phenoxy) is 1. The monoisotopic (exact) mass is 367 g/mol. The van der Waals surface area contributed by atoms with Crippen LogP contribution < -0.4 is 0 Å². The number of hydrogen-bond acceptors (Lipinski definition) is 4. The Morgan fingerprint density at radius 1 is 0.960 bits per heavy atom. The molecule has 2 heterocycles. The molecule has 140 valence electrons. The van der Waals surface area contributed by atoms with Gasteiger partial charge in [0.25, 0.3) is 10.2 Å². The summed E-state index contributed by atoms with van der Waals surface area (Å²) in [5, 5.41) is 0. The van der Waals surface area contributed by atoms with Gasteiger partial charge in [0.05, 0.1) is 12.2 Å². The van der Waals surface area contributed by atoms with Gasteiger partial charge in [-0.1, -0.05) is 29.8 Å². The van der Waals surface area contributed by atoms with Crippen molar-refractivity contribution in [2.24, 2.45) is 0 Å². The minimum absolute atomic E-state index is 0.0543. The molecule has 0 bridgehead atoms. The molecule has 0 aliphatic carbocycles. The molecule has 0 amide bonds. The van der Waals surface area contributed by atoms with E-state index < -0.39 is 10.2 Å². The number of nitrogens with zero attached hydrogens (tertiary/aromatic N) is 3. The van der Waals surface area contributed by atoms with Gasteiger partial charge in [-0.05, 0) is 26.3 Å². The fourth-order valence-electron chi connectivity index (χ4n) is 3.55. The molecule has 1 aromatic carbocycles. The van der Waals surface area contributed by atoms with Crippen molar-refractivity contribution in [3.63, 3.8) is 0 Å². The van der Waals surface area contributed by atoms with Crippen LogP contribution >= 0.6 is 0 Å². The summed E-state index contributed by atoms with van der Waals surface area (Å²) in [6.45, 7) is 10.3. The van der Waals surface area contributed by atoms with E-state index in [1.165, 1.54) is 11.1 Å². The summed E-state index contributed by atoms with van der Waals surface area (Å²) in [5.41, 5.74) is 2.53. The Morgan fingerprint density at radius 2 is 1.52 bits per heavy atom. The molecule has 1 aromatic rings. The van der Waals surface area contributed by atoms with Crippen LogP contribution in [-0.4, -0.2) is 73.4 Å². The maximum absolute atomic E-state index is 12.9. The fourth-order valence-corrected chi connectivity index (χ4v) is 5.30. The highest BCUT2D eigenvalue weighted by atomic mass is 32.2. The molecule has 2 aliphatic rings. The molecule has 25 heavy (non-hydrogen) atoms. The van der Waals surface area contributed by atoms with Crippen LogP contribution in [0.2, 0.25) is 0 Å². The lowest BCUT2D eigenvalue weighted by molar-refractivity contribution is -0.0457. The minimum atomic E-state index is -3.39. The molecule has 0 spiro atoms. The average Bonchev–Trinajstić information content (AvgIpc) is 2.57. The lowest BCUT2D eigenvalue weighted by Crippen LogP contribution is -2.56. The zero-order valence-corrected chi connectivity index (χ0v) is 16.2. The van der Waals surface area contributed by atoms with Gasteiger partial charge in [0.15, 0.2) is 0 Å². The number of benzene rings is 1. The number of morpholine rings is 1. The van der Waals surface area contributed by atoms with Crippen LogP contribution in [0, 0.1) is 6.92 Å². The van der Waals surface area contributed by atoms with Gasteiger partial charge in [-0.15, -0.1) is 0 Å². The maximum atomic E-state index is 12.9. The lowest BCUT2D eigenvalue weighted by Gasteiger charge is -2.40. The van der Waals surface area contributed by atoms with Crippen LogP contribution in [0.25, 0.3) is 0 Å². The first-order chi connectivity index (χ1) is 11.8. The highest BCUT2D eigenvalue weighted by Crippen LogP contribution is 2.19. The van der Waals surface area contributed by atoms with E-state index in [0.717, 1.165) is 19.6 Å². The molecule has 0 aromatic heterocycles. The summed E-state index contributed by atoms with van der Waals surface area (Å²) in [5.74, 6) is 0. The molecule has 2 unspecified atom stereocenters. The first kappa shape index (κ1) is 18.8. The van der Waals surface area contributed by atoms with E-state index in [-0.39, 0.29) is 12.2 Å². The Hall–Kier alpha value is -0.990. The molecule has 6 nitrogen and oxygen atoms in total. The predicted octanol–water partition coefficient (Wildman–Crippen LogP) is 1.47. The van der Waals surface area contributed by atoms with Crippen molar-refractivity contribution in [3.8, 4) is 0 Å². The van der Waals surface area contributed by atoms with E-state index in [4.69, 9.17) is 4.74 Å². The predicted molar refractivity (Wildman–Crippen MR) is 98.5 cm³/mol.